The van der Waals surface area contributed by atoms with Gasteiger partial charge in [0, 0.05) is 38.9 Å². The normalized spacial score (nSPS) is 21.2. The number of pyridine rings is 1. The van der Waals surface area contributed by atoms with Crippen molar-refractivity contribution < 1.29 is 4.74 Å². The highest BCUT2D eigenvalue weighted by atomic mass is 16.5. The SMILES string of the molecule is CCn1ncc(CN2CC[C@H](Oc3cccnc3N3CCCC3)C2)n1. The zero-order chi connectivity index (χ0) is 17.1. The van der Waals surface area contributed by atoms with E-state index in [1.807, 2.05) is 18.5 Å². The smallest absolute Gasteiger partial charge is 0.171 e. The maximum Gasteiger partial charge on any atom is 0.171 e. The Bertz CT molecular complexity index is 696. The number of aryl methyl sites for hydroxylation is 1. The standard InChI is InChI=1S/C18H26N6O/c1-2-24-20-12-15(21-24)13-22-11-7-16(14-22)25-17-6-5-8-19-18(17)23-9-3-4-10-23/h5-6,8,12,16H,2-4,7,9-11,13-14H2,1H3/t16-/m0/s1. The molecule has 1 atom stereocenters. The number of anilines is 1. The van der Waals surface area contributed by atoms with E-state index in [-0.39, 0.29) is 6.10 Å². The van der Waals surface area contributed by atoms with Crippen LogP contribution in [0.4, 0.5) is 5.82 Å². The second-order valence-electron chi connectivity index (χ2n) is 6.81. The molecule has 0 N–H and O–H groups in total. The molecule has 0 saturated carbocycles. The third-order valence-electron chi connectivity index (χ3n) is 4.93. The fourth-order valence-corrected chi connectivity index (χ4v) is 3.64. The molecule has 134 valence electrons. The summed E-state index contributed by atoms with van der Waals surface area (Å²) in [5.74, 6) is 1.93. The number of hydrogen-bond acceptors (Lipinski definition) is 6. The molecule has 0 aliphatic carbocycles. The molecule has 4 rings (SSSR count). The molecule has 0 spiro atoms. The molecule has 2 fully saturated rings. The quantitative estimate of drug-likeness (QED) is 0.800. The number of nitrogens with zero attached hydrogens (tertiary/aromatic N) is 6. The van der Waals surface area contributed by atoms with Crippen LogP contribution in [0.25, 0.3) is 0 Å². The van der Waals surface area contributed by atoms with E-state index in [2.05, 4.69) is 38.0 Å². The van der Waals surface area contributed by atoms with E-state index >= 15 is 0 Å². The van der Waals surface area contributed by atoms with Crippen molar-refractivity contribution in [1.82, 2.24) is 24.9 Å². The molecule has 0 amide bonds. The van der Waals surface area contributed by atoms with Gasteiger partial charge >= 0.3 is 0 Å². The van der Waals surface area contributed by atoms with Gasteiger partial charge in [-0.15, -0.1) is 0 Å². The number of aromatic nitrogens is 4. The fourth-order valence-electron chi connectivity index (χ4n) is 3.64. The highest BCUT2D eigenvalue weighted by Gasteiger charge is 2.26. The van der Waals surface area contributed by atoms with Crippen molar-refractivity contribution >= 4 is 5.82 Å². The highest BCUT2D eigenvalue weighted by molar-refractivity contribution is 5.52. The van der Waals surface area contributed by atoms with Gasteiger partial charge in [-0.3, -0.25) is 4.90 Å². The van der Waals surface area contributed by atoms with Gasteiger partial charge in [0.05, 0.1) is 18.4 Å². The summed E-state index contributed by atoms with van der Waals surface area (Å²) in [7, 11) is 0. The molecule has 2 aliphatic rings. The van der Waals surface area contributed by atoms with Gasteiger partial charge in [-0.05, 0) is 38.3 Å². The first-order valence-electron chi connectivity index (χ1n) is 9.30. The van der Waals surface area contributed by atoms with Crippen LogP contribution in [0.2, 0.25) is 0 Å². The van der Waals surface area contributed by atoms with Crippen LogP contribution in [0.1, 0.15) is 31.9 Å². The van der Waals surface area contributed by atoms with Crippen molar-refractivity contribution in [1.29, 1.82) is 0 Å². The highest BCUT2D eigenvalue weighted by Crippen LogP contribution is 2.30. The number of likely N-dealkylation sites (tertiary alicyclic amines) is 1. The molecule has 25 heavy (non-hydrogen) atoms. The van der Waals surface area contributed by atoms with Crippen LogP contribution in [0.5, 0.6) is 5.75 Å². The van der Waals surface area contributed by atoms with Gasteiger partial charge in [-0.1, -0.05) is 0 Å². The van der Waals surface area contributed by atoms with Gasteiger partial charge in [0.1, 0.15) is 6.10 Å². The zero-order valence-corrected chi connectivity index (χ0v) is 14.8. The van der Waals surface area contributed by atoms with Crippen molar-refractivity contribution in [3.05, 3.63) is 30.2 Å². The third kappa shape index (κ3) is 3.76. The lowest BCUT2D eigenvalue weighted by molar-refractivity contribution is 0.197. The number of rotatable bonds is 6. The lowest BCUT2D eigenvalue weighted by atomic mass is 10.3. The van der Waals surface area contributed by atoms with E-state index in [1.165, 1.54) is 12.8 Å². The summed E-state index contributed by atoms with van der Waals surface area (Å²) in [6, 6.07) is 4.01. The minimum atomic E-state index is 0.215. The van der Waals surface area contributed by atoms with Crippen LogP contribution in [0.15, 0.2) is 24.5 Å². The molecule has 0 aromatic carbocycles. The van der Waals surface area contributed by atoms with Gasteiger partial charge in [0.2, 0.25) is 0 Å². The van der Waals surface area contributed by atoms with E-state index in [9.17, 15) is 0 Å². The summed E-state index contributed by atoms with van der Waals surface area (Å²) in [5.41, 5.74) is 1.03. The molecular formula is C18H26N6O. The van der Waals surface area contributed by atoms with Crippen molar-refractivity contribution in [2.45, 2.75) is 45.4 Å². The van der Waals surface area contributed by atoms with E-state index in [4.69, 9.17) is 4.74 Å². The van der Waals surface area contributed by atoms with Crippen molar-refractivity contribution in [3.8, 4) is 5.75 Å². The van der Waals surface area contributed by atoms with Crippen molar-refractivity contribution in [2.24, 2.45) is 0 Å². The molecule has 2 aliphatic heterocycles. The van der Waals surface area contributed by atoms with Crippen molar-refractivity contribution in [2.75, 3.05) is 31.1 Å². The Labute approximate surface area is 148 Å². The topological polar surface area (TPSA) is 59.3 Å². The maximum atomic E-state index is 6.33. The third-order valence-corrected chi connectivity index (χ3v) is 4.93. The van der Waals surface area contributed by atoms with Crippen LogP contribution in [-0.2, 0) is 13.1 Å². The Morgan fingerprint density at radius 1 is 1.24 bits per heavy atom. The molecule has 2 aromatic heterocycles. The summed E-state index contributed by atoms with van der Waals surface area (Å²) in [6.45, 7) is 7.82. The summed E-state index contributed by atoms with van der Waals surface area (Å²) in [6.07, 6.45) is 7.46. The summed E-state index contributed by atoms with van der Waals surface area (Å²) in [5, 5.41) is 8.73. The Morgan fingerprint density at radius 3 is 2.92 bits per heavy atom. The molecular weight excluding hydrogens is 316 g/mol. The molecule has 4 heterocycles. The first-order chi connectivity index (χ1) is 12.3. The molecule has 0 bridgehead atoms. The summed E-state index contributed by atoms with van der Waals surface area (Å²) in [4.78, 5) is 11.0. The van der Waals surface area contributed by atoms with E-state index in [1.54, 1.807) is 4.80 Å². The summed E-state index contributed by atoms with van der Waals surface area (Å²) >= 11 is 0. The molecule has 7 heteroatoms. The fraction of sp³-hybridized carbons (Fsp3) is 0.611. The monoisotopic (exact) mass is 342 g/mol. The largest absolute Gasteiger partial charge is 0.485 e. The second-order valence-corrected chi connectivity index (χ2v) is 6.81. The maximum absolute atomic E-state index is 6.33. The Hall–Kier alpha value is -2.15. The lowest BCUT2D eigenvalue weighted by Gasteiger charge is -2.22. The minimum Gasteiger partial charge on any atom is -0.485 e. The first kappa shape index (κ1) is 16.3. The molecule has 2 aromatic rings. The first-order valence-corrected chi connectivity index (χ1v) is 9.30. The van der Waals surface area contributed by atoms with Gasteiger partial charge in [-0.25, -0.2) is 4.98 Å². The van der Waals surface area contributed by atoms with Crippen LogP contribution in [0.3, 0.4) is 0 Å². The Kier molecular flexibility index (Phi) is 4.83. The van der Waals surface area contributed by atoms with Crippen LogP contribution in [-0.4, -0.2) is 57.2 Å². The number of hydrogen-bond donors (Lipinski definition) is 0. The van der Waals surface area contributed by atoms with Crippen LogP contribution in [0, 0.1) is 0 Å². The minimum absolute atomic E-state index is 0.215. The predicted molar refractivity (Wildman–Crippen MR) is 95.7 cm³/mol. The lowest BCUT2D eigenvalue weighted by Crippen LogP contribution is -2.26. The molecule has 0 radical (unpaired) electrons. The Morgan fingerprint density at radius 2 is 2.12 bits per heavy atom. The Balaban J connectivity index is 1.36. The van der Waals surface area contributed by atoms with Gasteiger partial charge in [0.15, 0.2) is 11.6 Å². The average molecular weight is 342 g/mol. The second kappa shape index (κ2) is 7.39. The van der Waals surface area contributed by atoms with Crippen LogP contribution >= 0.6 is 0 Å². The van der Waals surface area contributed by atoms with Gasteiger partial charge in [0.25, 0.3) is 0 Å². The van der Waals surface area contributed by atoms with Gasteiger partial charge in [-0.2, -0.15) is 15.0 Å². The average Bonchev–Trinajstić information content (AvgIpc) is 3.38. The van der Waals surface area contributed by atoms with E-state index < -0.39 is 0 Å². The molecule has 0 unspecified atom stereocenters. The molecule has 2 saturated heterocycles. The van der Waals surface area contributed by atoms with Crippen LogP contribution < -0.4 is 9.64 Å². The predicted octanol–water partition coefficient (Wildman–Crippen LogP) is 1.95. The van der Waals surface area contributed by atoms with Crippen molar-refractivity contribution in [3.63, 3.8) is 0 Å². The van der Waals surface area contributed by atoms with E-state index in [0.29, 0.717) is 0 Å². The zero-order valence-electron chi connectivity index (χ0n) is 14.8. The van der Waals surface area contributed by atoms with Gasteiger partial charge < -0.3 is 9.64 Å². The molecule has 7 nitrogen and oxygen atoms in total. The van der Waals surface area contributed by atoms with E-state index in [0.717, 1.165) is 63.0 Å². The number of ether oxygens (including phenoxy) is 1. The summed E-state index contributed by atoms with van der Waals surface area (Å²) < 4.78 is 6.33.